The van der Waals surface area contributed by atoms with E-state index in [1.165, 1.54) is 12.0 Å². The first-order valence-electron chi connectivity index (χ1n) is 8.26. The molecule has 0 unspecified atom stereocenters. The van der Waals surface area contributed by atoms with E-state index in [9.17, 15) is 9.59 Å². The molecule has 0 aromatic heterocycles. The molecule has 0 bridgehead atoms. The smallest absolute Gasteiger partial charge is 0.337 e. The lowest BCUT2D eigenvalue weighted by Crippen LogP contribution is -2.48. The molecule has 0 aliphatic carbocycles. The van der Waals surface area contributed by atoms with E-state index in [1.54, 1.807) is 62.6 Å². The number of urea groups is 1. The average Bonchev–Trinajstić information content (AvgIpc) is 2.68. The summed E-state index contributed by atoms with van der Waals surface area (Å²) in [6.45, 7) is 1.71. The molecule has 140 valence electrons. The Kier molecular flexibility index (Phi) is 5.37. The van der Waals surface area contributed by atoms with Crippen LogP contribution in [0.3, 0.4) is 0 Å². The first kappa shape index (κ1) is 18.8. The number of amides is 2. The van der Waals surface area contributed by atoms with Crippen LogP contribution in [-0.2, 0) is 9.53 Å². The zero-order valence-corrected chi connectivity index (χ0v) is 15.9. The number of halogens is 1. The van der Waals surface area contributed by atoms with Crippen molar-refractivity contribution in [1.82, 2.24) is 5.32 Å². The van der Waals surface area contributed by atoms with E-state index in [2.05, 4.69) is 5.32 Å². The van der Waals surface area contributed by atoms with Gasteiger partial charge in [0.1, 0.15) is 5.75 Å². The minimum absolute atomic E-state index is 0.320. The topological polar surface area (TPSA) is 67.9 Å². The van der Waals surface area contributed by atoms with Crippen LogP contribution in [-0.4, -0.2) is 26.2 Å². The monoisotopic (exact) mass is 386 g/mol. The van der Waals surface area contributed by atoms with Crippen LogP contribution in [0.25, 0.3) is 0 Å². The Balaban J connectivity index is 2.13. The van der Waals surface area contributed by atoms with Crippen LogP contribution >= 0.6 is 11.6 Å². The van der Waals surface area contributed by atoms with Gasteiger partial charge in [-0.2, -0.15) is 0 Å². The quantitative estimate of drug-likeness (QED) is 0.804. The van der Waals surface area contributed by atoms with Crippen LogP contribution in [0, 0.1) is 0 Å². The fourth-order valence-electron chi connectivity index (χ4n) is 3.10. The fourth-order valence-corrected chi connectivity index (χ4v) is 3.35. The van der Waals surface area contributed by atoms with Gasteiger partial charge in [0.05, 0.1) is 31.5 Å². The van der Waals surface area contributed by atoms with Gasteiger partial charge in [-0.1, -0.05) is 29.8 Å². The number of hydrogen-bond donors (Lipinski definition) is 1. The molecule has 0 fully saturated rings. The van der Waals surface area contributed by atoms with Crippen LogP contribution in [0.4, 0.5) is 10.5 Å². The van der Waals surface area contributed by atoms with Crippen molar-refractivity contribution in [3.05, 3.63) is 70.4 Å². The summed E-state index contributed by atoms with van der Waals surface area (Å²) in [7, 11) is 2.87. The number of nitrogens with zero attached hydrogens (tertiary/aromatic N) is 1. The van der Waals surface area contributed by atoms with Crippen molar-refractivity contribution in [2.75, 3.05) is 19.1 Å². The highest BCUT2D eigenvalue weighted by atomic mass is 35.5. The number of allylic oxidation sites excluding steroid dienone is 1. The number of carbonyl (C=O) groups excluding carboxylic acids is 2. The maximum atomic E-state index is 12.9. The molecule has 0 saturated heterocycles. The van der Waals surface area contributed by atoms with Crippen molar-refractivity contribution in [2.24, 2.45) is 0 Å². The largest absolute Gasteiger partial charge is 0.497 e. The summed E-state index contributed by atoms with van der Waals surface area (Å²) in [5.41, 5.74) is 2.02. The van der Waals surface area contributed by atoms with Gasteiger partial charge in [-0.05, 0) is 42.8 Å². The van der Waals surface area contributed by atoms with Gasteiger partial charge in [0, 0.05) is 10.7 Å². The molecule has 6 nitrogen and oxygen atoms in total. The lowest BCUT2D eigenvalue weighted by Gasteiger charge is -2.35. The van der Waals surface area contributed by atoms with E-state index < -0.39 is 12.0 Å². The van der Waals surface area contributed by atoms with E-state index >= 15 is 0 Å². The highest BCUT2D eigenvalue weighted by Gasteiger charge is 2.37. The minimum Gasteiger partial charge on any atom is -0.497 e. The normalized spacial score (nSPS) is 16.8. The zero-order valence-electron chi connectivity index (χ0n) is 15.2. The predicted octanol–water partition coefficient (Wildman–Crippen LogP) is 4.07. The Hall–Kier alpha value is -2.99. The van der Waals surface area contributed by atoms with Gasteiger partial charge < -0.3 is 14.8 Å². The van der Waals surface area contributed by atoms with Crippen LogP contribution in [0.1, 0.15) is 18.5 Å². The fraction of sp³-hybridized carbons (Fsp3) is 0.200. The number of carbonyl (C=O) groups is 2. The zero-order chi connectivity index (χ0) is 19.6. The first-order chi connectivity index (χ1) is 13.0. The second-order valence-electron chi connectivity index (χ2n) is 5.93. The summed E-state index contributed by atoms with van der Waals surface area (Å²) >= 11 is 6.30. The third-order valence-electron chi connectivity index (χ3n) is 4.44. The first-order valence-corrected chi connectivity index (χ1v) is 8.64. The molecule has 3 rings (SSSR count). The number of esters is 1. The highest BCUT2D eigenvalue weighted by molar-refractivity contribution is 6.31. The number of anilines is 1. The molecule has 0 radical (unpaired) electrons. The van der Waals surface area contributed by atoms with Crippen molar-refractivity contribution in [2.45, 2.75) is 13.0 Å². The number of ether oxygens (including phenoxy) is 2. The van der Waals surface area contributed by atoms with Gasteiger partial charge in [-0.15, -0.1) is 0 Å². The molecule has 1 aliphatic rings. The van der Waals surface area contributed by atoms with Crippen LogP contribution in [0.5, 0.6) is 5.75 Å². The molecule has 0 saturated carbocycles. The number of benzene rings is 2. The summed E-state index contributed by atoms with van der Waals surface area (Å²) in [6, 6.07) is 13.0. The third kappa shape index (κ3) is 3.48. The molecule has 2 amide bonds. The van der Waals surface area contributed by atoms with E-state index in [0.717, 1.165) is 0 Å². The third-order valence-corrected chi connectivity index (χ3v) is 4.78. The van der Waals surface area contributed by atoms with Gasteiger partial charge in [0.25, 0.3) is 0 Å². The van der Waals surface area contributed by atoms with E-state index in [-0.39, 0.29) is 6.03 Å². The van der Waals surface area contributed by atoms with Crippen molar-refractivity contribution in [3.8, 4) is 5.75 Å². The number of rotatable bonds is 4. The van der Waals surface area contributed by atoms with Crippen molar-refractivity contribution in [3.63, 3.8) is 0 Å². The molecule has 1 N–H and O–H groups in total. The Morgan fingerprint density at radius 3 is 2.37 bits per heavy atom. The van der Waals surface area contributed by atoms with Crippen molar-refractivity contribution in [1.29, 1.82) is 0 Å². The molecule has 0 spiro atoms. The second kappa shape index (κ2) is 7.72. The van der Waals surface area contributed by atoms with E-state index in [0.29, 0.717) is 33.3 Å². The van der Waals surface area contributed by atoms with Gasteiger partial charge >= 0.3 is 12.0 Å². The van der Waals surface area contributed by atoms with E-state index in [1.807, 2.05) is 0 Å². The Bertz CT molecular complexity index is 908. The summed E-state index contributed by atoms with van der Waals surface area (Å²) in [5.74, 6) is 0.135. The summed E-state index contributed by atoms with van der Waals surface area (Å²) in [5, 5.41) is 3.31. The summed E-state index contributed by atoms with van der Waals surface area (Å²) < 4.78 is 10.1. The minimum atomic E-state index is -0.701. The lowest BCUT2D eigenvalue weighted by atomic mass is 9.94. The van der Waals surface area contributed by atoms with Crippen LogP contribution in [0.15, 0.2) is 59.8 Å². The standard InChI is InChI=1S/C20H19ClN2O4/c1-12-17(19(24)27-3)18(15-6-4-5-7-16(15)21)22-20(25)23(12)13-8-10-14(26-2)11-9-13/h4-11,18H,1-3H3,(H,22,25)/t18-/m0/s1. The Morgan fingerprint density at radius 2 is 1.78 bits per heavy atom. The molecule has 1 heterocycles. The van der Waals surface area contributed by atoms with Gasteiger partial charge in [0.2, 0.25) is 0 Å². The van der Waals surface area contributed by atoms with Gasteiger partial charge in [0.15, 0.2) is 0 Å². The SMILES string of the molecule is COC(=O)C1=C(C)N(c2ccc(OC)cc2)C(=O)N[C@H]1c1ccccc1Cl. The molecule has 1 aliphatic heterocycles. The molecule has 2 aromatic carbocycles. The lowest BCUT2D eigenvalue weighted by molar-refractivity contribution is -0.136. The number of methoxy groups -OCH3 is 2. The predicted molar refractivity (Wildman–Crippen MR) is 103 cm³/mol. The van der Waals surface area contributed by atoms with Crippen molar-refractivity contribution >= 4 is 29.3 Å². The van der Waals surface area contributed by atoms with Crippen LogP contribution in [0.2, 0.25) is 5.02 Å². The highest BCUT2D eigenvalue weighted by Crippen LogP contribution is 2.36. The second-order valence-corrected chi connectivity index (χ2v) is 6.34. The van der Waals surface area contributed by atoms with Gasteiger partial charge in [-0.25, -0.2) is 9.59 Å². The molecule has 27 heavy (non-hydrogen) atoms. The maximum absolute atomic E-state index is 12.9. The Labute approximate surface area is 162 Å². The molecular formula is C20H19ClN2O4. The number of hydrogen-bond acceptors (Lipinski definition) is 4. The van der Waals surface area contributed by atoms with Crippen molar-refractivity contribution < 1.29 is 19.1 Å². The summed E-state index contributed by atoms with van der Waals surface area (Å²) in [6.07, 6.45) is 0. The van der Waals surface area contributed by atoms with Crippen LogP contribution < -0.4 is 15.0 Å². The average molecular weight is 387 g/mol. The molecule has 1 atom stereocenters. The number of nitrogens with one attached hydrogen (secondary N) is 1. The molecule has 7 heteroatoms. The van der Waals surface area contributed by atoms with Gasteiger partial charge in [-0.3, -0.25) is 4.90 Å². The molecular weight excluding hydrogens is 368 g/mol. The Morgan fingerprint density at radius 1 is 1.11 bits per heavy atom. The summed E-state index contributed by atoms with van der Waals surface area (Å²) in [4.78, 5) is 26.8. The van der Waals surface area contributed by atoms with E-state index in [4.69, 9.17) is 21.1 Å². The molecule has 2 aromatic rings. The maximum Gasteiger partial charge on any atom is 0.337 e.